The van der Waals surface area contributed by atoms with Crippen molar-refractivity contribution in [1.29, 1.82) is 0 Å². The molecule has 3 amide bonds. The lowest BCUT2D eigenvalue weighted by atomic mass is 9.60. The van der Waals surface area contributed by atoms with Gasteiger partial charge >= 0.3 is 0 Å². The Morgan fingerprint density at radius 1 is 1.27 bits per heavy atom. The summed E-state index contributed by atoms with van der Waals surface area (Å²) in [6, 6.07) is 7.36. The van der Waals surface area contributed by atoms with E-state index >= 15 is 0 Å². The number of ether oxygens (including phenoxy) is 1. The van der Waals surface area contributed by atoms with Crippen LogP contribution in [0.15, 0.2) is 24.3 Å². The lowest BCUT2D eigenvalue weighted by Crippen LogP contribution is -2.66. The minimum absolute atomic E-state index is 0.0273. The number of amides is 3. The average molecular weight is 412 g/mol. The van der Waals surface area contributed by atoms with Gasteiger partial charge in [-0.3, -0.25) is 14.4 Å². The second-order valence-electron chi connectivity index (χ2n) is 9.15. The molecule has 1 aromatic carbocycles. The van der Waals surface area contributed by atoms with Crippen LogP contribution in [0.4, 0.5) is 0 Å². The maximum absolute atomic E-state index is 12.9. The summed E-state index contributed by atoms with van der Waals surface area (Å²) in [5.41, 5.74) is -0.100. The predicted molar refractivity (Wildman–Crippen MR) is 110 cm³/mol. The largest absolute Gasteiger partial charge is 0.467 e. The van der Waals surface area contributed by atoms with Gasteiger partial charge in [0.2, 0.25) is 11.8 Å². The van der Waals surface area contributed by atoms with Crippen molar-refractivity contribution in [2.45, 2.75) is 50.7 Å². The fraction of sp³-hybridized carbons (Fsp3) is 0.609. The van der Waals surface area contributed by atoms with Crippen molar-refractivity contribution in [3.8, 4) is 5.75 Å². The van der Waals surface area contributed by atoms with Gasteiger partial charge in [0.25, 0.3) is 5.91 Å². The molecule has 160 valence electrons. The molecule has 0 radical (unpaired) electrons. The van der Waals surface area contributed by atoms with Crippen LogP contribution in [0.3, 0.4) is 0 Å². The maximum atomic E-state index is 12.9. The van der Waals surface area contributed by atoms with E-state index in [9.17, 15) is 14.4 Å². The zero-order chi connectivity index (χ0) is 20.7. The van der Waals surface area contributed by atoms with Crippen molar-refractivity contribution < 1.29 is 19.1 Å². The van der Waals surface area contributed by atoms with Crippen LogP contribution in [0.2, 0.25) is 0 Å². The Morgan fingerprint density at radius 2 is 2.13 bits per heavy atom. The summed E-state index contributed by atoms with van der Waals surface area (Å²) in [5, 5.41) is 6.22. The second-order valence-corrected chi connectivity index (χ2v) is 9.15. The third kappa shape index (κ3) is 3.34. The summed E-state index contributed by atoms with van der Waals surface area (Å²) in [4.78, 5) is 39.1. The Bertz CT molecular complexity index is 872. The molecule has 2 N–H and O–H groups in total. The van der Waals surface area contributed by atoms with Crippen LogP contribution >= 0.6 is 0 Å². The highest BCUT2D eigenvalue weighted by atomic mass is 16.5. The van der Waals surface area contributed by atoms with E-state index in [0.717, 1.165) is 45.2 Å². The van der Waals surface area contributed by atoms with Crippen LogP contribution in [0, 0.1) is 17.8 Å². The maximum Gasteiger partial charge on any atom is 0.258 e. The first-order valence-corrected chi connectivity index (χ1v) is 11.2. The molecule has 2 heterocycles. The van der Waals surface area contributed by atoms with Gasteiger partial charge in [-0.1, -0.05) is 12.1 Å². The fourth-order valence-corrected chi connectivity index (χ4v) is 5.83. The van der Waals surface area contributed by atoms with Crippen molar-refractivity contribution in [2.24, 2.45) is 17.8 Å². The molecule has 30 heavy (non-hydrogen) atoms. The fourth-order valence-electron chi connectivity index (χ4n) is 5.83. The molecule has 2 bridgehead atoms. The highest BCUT2D eigenvalue weighted by molar-refractivity contribution is 5.98. The lowest BCUT2D eigenvalue weighted by molar-refractivity contribution is -0.146. The number of hydrogen-bond donors (Lipinski definition) is 2. The summed E-state index contributed by atoms with van der Waals surface area (Å²) in [6.45, 7) is 2.16. The molecular weight excluding hydrogens is 382 g/mol. The molecule has 6 rings (SSSR count). The molecule has 1 spiro atoms. The predicted octanol–water partition coefficient (Wildman–Crippen LogP) is 2.07. The van der Waals surface area contributed by atoms with E-state index in [2.05, 4.69) is 10.6 Å². The van der Waals surface area contributed by atoms with Gasteiger partial charge in [0.1, 0.15) is 5.75 Å². The van der Waals surface area contributed by atoms with E-state index in [1.54, 1.807) is 6.07 Å². The van der Waals surface area contributed by atoms with Crippen molar-refractivity contribution >= 4 is 17.7 Å². The molecule has 4 fully saturated rings. The number of nitrogens with one attached hydrogen (secondary N) is 2. The van der Waals surface area contributed by atoms with Crippen molar-refractivity contribution in [3.05, 3.63) is 29.8 Å². The number of fused-ring (bicyclic) bond motifs is 3. The Kier molecular flexibility index (Phi) is 4.91. The second kappa shape index (κ2) is 7.60. The number of hydrogen-bond acceptors (Lipinski definition) is 4. The average Bonchev–Trinajstić information content (AvgIpc) is 3.16. The highest BCUT2D eigenvalue weighted by Gasteiger charge is 2.57. The number of rotatable bonds is 5. The summed E-state index contributed by atoms with van der Waals surface area (Å²) < 4.78 is 6.36. The molecule has 7 nitrogen and oxygen atoms in total. The van der Waals surface area contributed by atoms with Crippen molar-refractivity contribution in [2.75, 3.05) is 19.6 Å². The minimum Gasteiger partial charge on any atom is -0.467 e. The molecule has 3 saturated carbocycles. The van der Waals surface area contributed by atoms with Crippen molar-refractivity contribution in [3.63, 3.8) is 0 Å². The number of carbonyl (C=O) groups excluding carboxylic acids is 3. The Hall–Kier alpha value is -2.57. The first kappa shape index (κ1) is 19.4. The number of likely N-dealkylation sites (tertiary alicyclic amines) is 1. The Morgan fingerprint density at radius 3 is 2.90 bits per heavy atom. The molecule has 7 heteroatoms. The first-order valence-electron chi connectivity index (χ1n) is 11.2. The number of para-hydroxylation sites is 1. The monoisotopic (exact) mass is 411 g/mol. The molecule has 3 aliphatic carbocycles. The minimum atomic E-state index is -0.679. The molecule has 1 saturated heterocycles. The van der Waals surface area contributed by atoms with E-state index in [4.69, 9.17) is 4.74 Å². The van der Waals surface area contributed by atoms with Crippen LogP contribution in [0.5, 0.6) is 5.75 Å². The topological polar surface area (TPSA) is 87.7 Å². The highest BCUT2D eigenvalue weighted by Crippen LogP contribution is 2.52. The van der Waals surface area contributed by atoms with E-state index in [0.29, 0.717) is 30.7 Å². The number of nitrogens with zero attached hydrogens (tertiary/aromatic N) is 1. The van der Waals surface area contributed by atoms with Gasteiger partial charge < -0.3 is 20.3 Å². The smallest absolute Gasteiger partial charge is 0.258 e. The molecule has 0 aromatic heterocycles. The zero-order valence-corrected chi connectivity index (χ0v) is 17.2. The van der Waals surface area contributed by atoms with E-state index in [-0.39, 0.29) is 35.5 Å². The summed E-state index contributed by atoms with van der Waals surface area (Å²) in [6.07, 6.45) is 5.77. The van der Waals surface area contributed by atoms with E-state index in [1.807, 2.05) is 23.1 Å². The Balaban J connectivity index is 1.18. The van der Waals surface area contributed by atoms with Crippen molar-refractivity contribution in [1.82, 2.24) is 15.5 Å². The van der Waals surface area contributed by atoms with Gasteiger partial charge in [-0.2, -0.15) is 0 Å². The van der Waals surface area contributed by atoms with Gasteiger partial charge in [-0.25, -0.2) is 0 Å². The summed E-state index contributed by atoms with van der Waals surface area (Å²) in [7, 11) is 0. The van der Waals surface area contributed by atoms with Gasteiger partial charge in [-0.15, -0.1) is 0 Å². The summed E-state index contributed by atoms with van der Waals surface area (Å²) in [5.74, 6) is 1.22. The van der Waals surface area contributed by atoms with Crippen LogP contribution < -0.4 is 15.4 Å². The zero-order valence-electron chi connectivity index (χ0n) is 17.2. The third-order valence-corrected chi connectivity index (χ3v) is 7.38. The first-order chi connectivity index (χ1) is 14.6. The summed E-state index contributed by atoms with van der Waals surface area (Å²) >= 11 is 0. The molecule has 2 aliphatic heterocycles. The number of benzene rings is 1. The molecule has 1 aromatic rings. The Labute approximate surface area is 176 Å². The standard InChI is InChI=1S/C23H29N3O4/c27-20-7-3-11-26(20)12-4-10-24-21(28)18-13-16-9-8-15(18)14-23(16)25-22(29)17-5-1-2-6-19(17)30-23/h1-2,5-6,15-16,18H,3-4,7-14H2,(H,24,28)(H,25,29). The molecular formula is C23H29N3O4. The molecule has 5 aliphatic rings. The van der Waals surface area contributed by atoms with Gasteiger partial charge in [0.15, 0.2) is 5.72 Å². The SMILES string of the molecule is O=C1NC2(CC3CCC2CC3C(=O)NCCCN2CCCC2=O)Oc2ccccc21. The lowest BCUT2D eigenvalue weighted by Gasteiger charge is -2.55. The van der Waals surface area contributed by atoms with Gasteiger partial charge in [-0.05, 0) is 50.2 Å². The number of carbonyl (C=O) groups is 3. The van der Waals surface area contributed by atoms with E-state index < -0.39 is 5.72 Å². The van der Waals surface area contributed by atoms with Gasteiger partial charge in [0, 0.05) is 44.3 Å². The third-order valence-electron chi connectivity index (χ3n) is 7.38. The van der Waals surface area contributed by atoms with Gasteiger partial charge in [0.05, 0.1) is 5.56 Å². The van der Waals surface area contributed by atoms with Crippen LogP contribution in [-0.2, 0) is 9.59 Å². The normalized spacial score (nSPS) is 32.0. The molecule has 4 atom stereocenters. The molecule has 4 unspecified atom stereocenters. The van der Waals surface area contributed by atoms with Crippen LogP contribution in [0.25, 0.3) is 0 Å². The van der Waals surface area contributed by atoms with Crippen LogP contribution in [0.1, 0.15) is 55.3 Å². The quantitative estimate of drug-likeness (QED) is 0.726. The van der Waals surface area contributed by atoms with Crippen LogP contribution in [-0.4, -0.2) is 48.0 Å². The van der Waals surface area contributed by atoms with E-state index in [1.165, 1.54) is 0 Å².